The van der Waals surface area contributed by atoms with Gasteiger partial charge >= 0.3 is 0 Å². The van der Waals surface area contributed by atoms with Gasteiger partial charge in [-0.3, -0.25) is 0 Å². The van der Waals surface area contributed by atoms with Gasteiger partial charge in [0, 0.05) is 13.2 Å². The Labute approximate surface area is 116 Å². The Morgan fingerprint density at radius 2 is 2.05 bits per heavy atom. The molecule has 0 aliphatic rings. The van der Waals surface area contributed by atoms with Crippen molar-refractivity contribution in [3.05, 3.63) is 29.8 Å². The lowest BCUT2D eigenvalue weighted by Crippen LogP contribution is -2.24. The van der Waals surface area contributed by atoms with Crippen molar-refractivity contribution in [2.75, 3.05) is 40.0 Å². The second-order valence-electron chi connectivity index (χ2n) is 4.14. The fraction of sp³-hybridized carbons (Fsp3) is 0.600. The Morgan fingerprint density at radius 1 is 1.21 bits per heavy atom. The lowest BCUT2D eigenvalue weighted by Gasteiger charge is -2.19. The van der Waals surface area contributed by atoms with Gasteiger partial charge in [-0.15, -0.1) is 0 Å². The molecule has 1 rings (SSSR count). The number of methoxy groups -OCH3 is 1. The van der Waals surface area contributed by atoms with Crippen molar-refractivity contribution in [1.82, 2.24) is 5.32 Å². The van der Waals surface area contributed by atoms with Gasteiger partial charge in [0.05, 0.1) is 26.4 Å². The van der Waals surface area contributed by atoms with Gasteiger partial charge < -0.3 is 19.5 Å². The van der Waals surface area contributed by atoms with E-state index in [1.165, 1.54) is 0 Å². The molecule has 0 amide bonds. The Kier molecular flexibility index (Phi) is 8.21. The van der Waals surface area contributed by atoms with Crippen molar-refractivity contribution in [3.63, 3.8) is 0 Å². The van der Waals surface area contributed by atoms with Crippen LogP contribution >= 0.6 is 0 Å². The Morgan fingerprint density at radius 3 is 2.74 bits per heavy atom. The second-order valence-corrected chi connectivity index (χ2v) is 4.14. The number of likely N-dealkylation sites (N-methyl/N-ethyl adjacent to an activating group) is 1. The third-order valence-electron chi connectivity index (χ3n) is 2.80. The second kappa shape index (κ2) is 9.78. The molecule has 1 aromatic carbocycles. The van der Waals surface area contributed by atoms with Crippen LogP contribution in [0.1, 0.15) is 25.5 Å². The molecular weight excluding hydrogens is 242 g/mol. The van der Waals surface area contributed by atoms with E-state index in [1.54, 1.807) is 7.11 Å². The molecule has 0 heterocycles. The van der Waals surface area contributed by atoms with Crippen LogP contribution in [-0.2, 0) is 9.47 Å². The van der Waals surface area contributed by atoms with E-state index in [0.29, 0.717) is 13.2 Å². The van der Waals surface area contributed by atoms with E-state index in [2.05, 4.69) is 18.3 Å². The molecule has 4 heteroatoms. The number of rotatable bonds is 10. The van der Waals surface area contributed by atoms with E-state index in [9.17, 15) is 0 Å². The van der Waals surface area contributed by atoms with E-state index in [0.717, 1.165) is 31.0 Å². The highest BCUT2D eigenvalue weighted by Crippen LogP contribution is 2.21. The van der Waals surface area contributed by atoms with Gasteiger partial charge in [-0.1, -0.05) is 19.1 Å². The maximum Gasteiger partial charge on any atom is 0.119 e. The van der Waals surface area contributed by atoms with Gasteiger partial charge in [0.1, 0.15) is 5.75 Å². The van der Waals surface area contributed by atoms with Gasteiger partial charge in [-0.05, 0) is 31.2 Å². The molecule has 1 N–H and O–H groups in total. The maximum absolute atomic E-state index is 5.89. The van der Waals surface area contributed by atoms with Gasteiger partial charge in [0.25, 0.3) is 0 Å². The fourth-order valence-corrected chi connectivity index (χ4v) is 1.78. The maximum atomic E-state index is 5.89. The van der Waals surface area contributed by atoms with Crippen molar-refractivity contribution >= 4 is 0 Å². The van der Waals surface area contributed by atoms with Crippen molar-refractivity contribution in [2.45, 2.75) is 20.0 Å². The molecular formula is C15H25NO3. The normalized spacial score (nSPS) is 12.4. The Bertz CT molecular complexity index is 344. The van der Waals surface area contributed by atoms with E-state index in [1.807, 2.05) is 25.1 Å². The topological polar surface area (TPSA) is 39.7 Å². The summed E-state index contributed by atoms with van der Waals surface area (Å²) < 4.78 is 16.4. The number of nitrogens with one attached hydrogen (secondary N) is 1. The van der Waals surface area contributed by atoms with Gasteiger partial charge in [0.15, 0.2) is 0 Å². The van der Waals surface area contributed by atoms with E-state index in [4.69, 9.17) is 14.2 Å². The third kappa shape index (κ3) is 6.05. The van der Waals surface area contributed by atoms with Gasteiger partial charge in [-0.2, -0.15) is 0 Å². The number of hydrogen-bond donors (Lipinski definition) is 1. The van der Waals surface area contributed by atoms with E-state index in [-0.39, 0.29) is 6.10 Å². The SMILES string of the molecule is CCNCC(OCCOCC)c1cccc(OC)c1. The van der Waals surface area contributed by atoms with Crippen molar-refractivity contribution in [1.29, 1.82) is 0 Å². The predicted octanol–water partition coefficient (Wildman–Crippen LogP) is 2.40. The van der Waals surface area contributed by atoms with Crippen molar-refractivity contribution < 1.29 is 14.2 Å². The largest absolute Gasteiger partial charge is 0.497 e. The van der Waals surface area contributed by atoms with Crippen LogP contribution in [0.15, 0.2) is 24.3 Å². The standard InChI is InChI=1S/C15H25NO3/c1-4-16-12-15(19-10-9-18-5-2)13-7-6-8-14(11-13)17-3/h6-8,11,15-16H,4-5,9-10,12H2,1-3H3. The molecule has 0 aliphatic carbocycles. The fourth-order valence-electron chi connectivity index (χ4n) is 1.78. The number of hydrogen-bond acceptors (Lipinski definition) is 4. The van der Waals surface area contributed by atoms with Crippen LogP contribution in [0.25, 0.3) is 0 Å². The summed E-state index contributed by atoms with van der Waals surface area (Å²) in [6.07, 6.45) is 0.0236. The van der Waals surface area contributed by atoms with Crippen LogP contribution in [0.2, 0.25) is 0 Å². The molecule has 0 bridgehead atoms. The molecule has 0 saturated carbocycles. The zero-order valence-corrected chi connectivity index (χ0v) is 12.1. The summed E-state index contributed by atoms with van der Waals surface area (Å²) >= 11 is 0. The summed E-state index contributed by atoms with van der Waals surface area (Å²) in [7, 11) is 1.67. The molecule has 1 aromatic rings. The van der Waals surface area contributed by atoms with E-state index >= 15 is 0 Å². The Hall–Kier alpha value is -1.10. The first-order chi connectivity index (χ1) is 9.31. The molecule has 0 radical (unpaired) electrons. The molecule has 0 aromatic heterocycles. The monoisotopic (exact) mass is 267 g/mol. The van der Waals surface area contributed by atoms with Crippen LogP contribution in [-0.4, -0.2) is 40.0 Å². The van der Waals surface area contributed by atoms with E-state index < -0.39 is 0 Å². The molecule has 0 aliphatic heterocycles. The van der Waals surface area contributed by atoms with Crippen molar-refractivity contribution in [2.24, 2.45) is 0 Å². The zero-order valence-electron chi connectivity index (χ0n) is 12.1. The van der Waals surface area contributed by atoms with Crippen LogP contribution in [0.4, 0.5) is 0 Å². The summed E-state index contributed by atoms with van der Waals surface area (Å²) in [5.74, 6) is 0.854. The van der Waals surface area contributed by atoms with Crippen LogP contribution in [0.3, 0.4) is 0 Å². The minimum atomic E-state index is 0.0236. The molecule has 4 nitrogen and oxygen atoms in total. The number of benzene rings is 1. The highest BCUT2D eigenvalue weighted by Gasteiger charge is 2.12. The molecule has 0 fully saturated rings. The summed E-state index contributed by atoms with van der Waals surface area (Å²) in [6.45, 7) is 7.73. The summed E-state index contributed by atoms with van der Waals surface area (Å²) in [4.78, 5) is 0. The lowest BCUT2D eigenvalue weighted by atomic mass is 10.1. The third-order valence-corrected chi connectivity index (χ3v) is 2.80. The average molecular weight is 267 g/mol. The minimum Gasteiger partial charge on any atom is -0.497 e. The zero-order chi connectivity index (χ0) is 13.9. The van der Waals surface area contributed by atoms with Crippen molar-refractivity contribution in [3.8, 4) is 5.75 Å². The first kappa shape index (κ1) is 16.0. The molecule has 19 heavy (non-hydrogen) atoms. The lowest BCUT2D eigenvalue weighted by molar-refractivity contribution is 0.00701. The summed E-state index contributed by atoms with van der Waals surface area (Å²) in [6, 6.07) is 8.00. The smallest absolute Gasteiger partial charge is 0.119 e. The summed E-state index contributed by atoms with van der Waals surface area (Å²) in [5, 5.41) is 3.32. The van der Waals surface area contributed by atoms with Crippen LogP contribution in [0, 0.1) is 0 Å². The number of ether oxygens (including phenoxy) is 3. The molecule has 0 spiro atoms. The average Bonchev–Trinajstić information content (AvgIpc) is 2.46. The van der Waals surface area contributed by atoms with Crippen LogP contribution < -0.4 is 10.1 Å². The van der Waals surface area contributed by atoms with Gasteiger partial charge in [-0.25, -0.2) is 0 Å². The van der Waals surface area contributed by atoms with Gasteiger partial charge in [0.2, 0.25) is 0 Å². The molecule has 108 valence electrons. The first-order valence-electron chi connectivity index (χ1n) is 6.85. The first-order valence-corrected chi connectivity index (χ1v) is 6.85. The molecule has 1 unspecified atom stereocenters. The molecule has 0 saturated heterocycles. The highest BCUT2D eigenvalue weighted by molar-refractivity contribution is 5.30. The van der Waals surface area contributed by atoms with Crippen LogP contribution in [0.5, 0.6) is 5.75 Å². The quantitative estimate of drug-likeness (QED) is 0.661. The summed E-state index contributed by atoms with van der Waals surface area (Å²) in [5.41, 5.74) is 1.12. The Balaban J connectivity index is 2.60. The minimum absolute atomic E-state index is 0.0236. The highest BCUT2D eigenvalue weighted by atomic mass is 16.5. The predicted molar refractivity (Wildman–Crippen MR) is 76.7 cm³/mol. The molecule has 1 atom stereocenters.